The van der Waals surface area contributed by atoms with Gasteiger partial charge in [0.1, 0.15) is 5.82 Å². The second-order valence-electron chi connectivity index (χ2n) is 4.36. The van der Waals surface area contributed by atoms with Gasteiger partial charge < -0.3 is 10.2 Å². The molecule has 0 saturated carbocycles. The summed E-state index contributed by atoms with van der Waals surface area (Å²) in [6.07, 6.45) is 1.90. The Balaban J connectivity index is 2.78. The maximum atomic E-state index is 6.27. The van der Waals surface area contributed by atoms with Crippen molar-refractivity contribution in [2.45, 2.75) is 40.3 Å². The molecule has 1 aromatic heterocycles. The quantitative estimate of drug-likeness (QED) is 0.847. The highest BCUT2D eigenvalue weighted by Crippen LogP contribution is 2.23. The van der Waals surface area contributed by atoms with Gasteiger partial charge in [-0.2, -0.15) is 0 Å². The van der Waals surface area contributed by atoms with Crippen molar-refractivity contribution >= 4 is 17.4 Å². The molecule has 0 amide bonds. The van der Waals surface area contributed by atoms with Crippen LogP contribution in [0.4, 0.5) is 5.82 Å². The Hall–Kier alpha value is -0.800. The van der Waals surface area contributed by atoms with Gasteiger partial charge in [-0.05, 0) is 25.5 Å². The minimum atomic E-state index is 0.469. The number of anilines is 1. The molecule has 0 saturated heterocycles. The minimum absolute atomic E-state index is 0.469. The van der Waals surface area contributed by atoms with Crippen LogP contribution in [0.1, 0.15) is 33.3 Å². The molecule has 0 unspecified atom stereocenters. The third-order valence-electron chi connectivity index (χ3n) is 2.66. The van der Waals surface area contributed by atoms with Crippen LogP contribution in [0, 0.1) is 0 Å². The molecule has 1 N–H and O–H groups in total. The lowest BCUT2D eigenvalue weighted by atomic mass is 10.2. The molecule has 0 aliphatic carbocycles. The summed E-state index contributed by atoms with van der Waals surface area (Å²) in [5, 5.41) is 4.09. The van der Waals surface area contributed by atoms with E-state index in [1.807, 2.05) is 12.3 Å². The predicted octanol–water partition coefficient (Wildman–Crippen LogP) is 3.08. The Morgan fingerprint density at radius 2 is 2.00 bits per heavy atom. The summed E-state index contributed by atoms with van der Waals surface area (Å²) in [5.41, 5.74) is 1.12. The summed E-state index contributed by atoms with van der Waals surface area (Å²) < 4.78 is 0. The lowest BCUT2D eigenvalue weighted by molar-refractivity contribution is 0.588. The Labute approximate surface area is 109 Å². The Morgan fingerprint density at radius 3 is 2.47 bits per heavy atom. The maximum Gasteiger partial charge on any atom is 0.147 e. The number of rotatable bonds is 6. The molecule has 17 heavy (non-hydrogen) atoms. The number of hydrogen-bond acceptors (Lipinski definition) is 3. The summed E-state index contributed by atoms with van der Waals surface area (Å²) >= 11 is 6.27. The van der Waals surface area contributed by atoms with E-state index in [2.05, 4.69) is 42.9 Å². The molecular formula is C13H22ClN3. The average Bonchev–Trinajstić information content (AvgIpc) is 2.30. The van der Waals surface area contributed by atoms with Crippen molar-refractivity contribution in [3.8, 4) is 0 Å². The molecule has 1 heterocycles. The van der Waals surface area contributed by atoms with Crippen LogP contribution in [-0.2, 0) is 6.54 Å². The second kappa shape index (κ2) is 6.82. The van der Waals surface area contributed by atoms with E-state index >= 15 is 0 Å². The second-order valence-corrected chi connectivity index (χ2v) is 4.76. The maximum absolute atomic E-state index is 6.27. The van der Waals surface area contributed by atoms with Crippen LogP contribution in [-0.4, -0.2) is 24.1 Å². The normalized spacial score (nSPS) is 10.9. The third kappa shape index (κ3) is 4.17. The van der Waals surface area contributed by atoms with Gasteiger partial charge in [-0.3, -0.25) is 0 Å². The molecular weight excluding hydrogens is 234 g/mol. The van der Waals surface area contributed by atoms with Crippen LogP contribution in [0.5, 0.6) is 0 Å². The lowest BCUT2D eigenvalue weighted by Gasteiger charge is -2.21. The third-order valence-corrected chi connectivity index (χ3v) is 2.93. The summed E-state index contributed by atoms with van der Waals surface area (Å²) in [4.78, 5) is 6.61. The van der Waals surface area contributed by atoms with Crippen LogP contribution < -0.4 is 10.2 Å². The summed E-state index contributed by atoms with van der Waals surface area (Å²) in [5.74, 6) is 0.880. The number of nitrogens with one attached hydrogen (secondary N) is 1. The van der Waals surface area contributed by atoms with E-state index in [0.717, 1.165) is 36.0 Å². The molecule has 0 aliphatic heterocycles. The zero-order valence-electron chi connectivity index (χ0n) is 11.1. The average molecular weight is 256 g/mol. The van der Waals surface area contributed by atoms with E-state index in [9.17, 15) is 0 Å². The van der Waals surface area contributed by atoms with Crippen molar-refractivity contribution in [2.75, 3.05) is 18.0 Å². The molecule has 3 nitrogen and oxygen atoms in total. The van der Waals surface area contributed by atoms with E-state index in [0.29, 0.717) is 6.04 Å². The lowest BCUT2D eigenvalue weighted by Crippen LogP contribution is -2.24. The first kappa shape index (κ1) is 14.3. The molecule has 96 valence electrons. The van der Waals surface area contributed by atoms with Gasteiger partial charge in [-0.15, -0.1) is 0 Å². The van der Waals surface area contributed by atoms with Crippen molar-refractivity contribution in [1.29, 1.82) is 0 Å². The SMILES string of the molecule is CCN(CC)c1ncc(CNC(C)C)cc1Cl. The Kier molecular flexibility index (Phi) is 5.72. The van der Waals surface area contributed by atoms with Crippen molar-refractivity contribution < 1.29 is 0 Å². The predicted molar refractivity (Wildman–Crippen MR) is 74.8 cm³/mol. The van der Waals surface area contributed by atoms with E-state index in [1.165, 1.54) is 0 Å². The highest BCUT2D eigenvalue weighted by molar-refractivity contribution is 6.33. The van der Waals surface area contributed by atoms with Gasteiger partial charge in [0.2, 0.25) is 0 Å². The van der Waals surface area contributed by atoms with Crippen molar-refractivity contribution in [3.05, 3.63) is 22.8 Å². The van der Waals surface area contributed by atoms with Gasteiger partial charge in [-0.1, -0.05) is 25.4 Å². The number of pyridine rings is 1. The molecule has 0 radical (unpaired) electrons. The van der Waals surface area contributed by atoms with Gasteiger partial charge in [0.25, 0.3) is 0 Å². The minimum Gasteiger partial charge on any atom is -0.356 e. The molecule has 0 bridgehead atoms. The summed E-state index contributed by atoms with van der Waals surface area (Å²) in [6.45, 7) is 11.1. The van der Waals surface area contributed by atoms with Crippen LogP contribution >= 0.6 is 11.6 Å². The van der Waals surface area contributed by atoms with Crippen LogP contribution in [0.3, 0.4) is 0 Å². The largest absolute Gasteiger partial charge is 0.356 e. The van der Waals surface area contributed by atoms with Crippen LogP contribution in [0.2, 0.25) is 5.02 Å². The zero-order valence-corrected chi connectivity index (χ0v) is 11.9. The fourth-order valence-corrected chi connectivity index (χ4v) is 1.95. The monoisotopic (exact) mass is 255 g/mol. The fraction of sp³-hybridized carbons (Fsp3) is 0.615. The number of halogens is 1. The first-order valence-electron chi connectivity index (χ1n) is 6.21. The molecule has 0 spiro atoms. The first-order chi connectivity index (χ1) is 8.08. The zero-order chi connectivity index (χ0) is 12.8. The standard InChI is InChI=1S/C13H22ClN3/c1-5-17(6-2)13-12(14)7-11(9-16-13)8-15-10(3)4/h7,9-10,15H,5-6,8H2,1-4H3. The highest BCUT2D eigenvalue weighted by Gasteiger charge is 2.09. The Bertz CT molecular complexity index is 349. The molecule has 4 heteroatoms. The molecule has 0 atom stereocenters. The van der Waals surface area contributed by atoms with Gasteiger partial charge >= 0.3 is 0 Å². The Morgan fingerprint density at radius 1 is 1.35 bits per heavy atom. The van der Waals surface area contributed by atoms with E-state index < -0.39 is 0 Å². The van der Waals surface area contributed by atoms with Crippen molar-refractivity contribution in [2.24, 2.45) is 0 Å². The summed E-state index contributed by atoms with van der Waals surface area (Å²) in [7, 11) is 0. The van der Waals surface area contributed by atoms with Gasteiger partial charge in [0.15, 0.2) is 0 Å². The van der Waals surface area contributed by atoms with E-state index in [4.69, 9.17) is 11.6 Å². The van der Waals surface area contributed by atoms with E-state index in [-0.39, 0.29) is 0 Å². The topological polar surface area (TPSA) is 28.2 Å². The smallest absolute Gasteiger partial charge is 0.147 e. The van der Waals surface area contributed by atoms with Crippen LogP contribution in [0.25, 0.3) is 0 Å². The first-order valence-corrected chi connectivity index (χ1v) is 6.59. The van der Waals surface area contributed by atoms with Crippen LogP contribution in [0.15, 0.2) is 12.3 Å². The molecule has 0 aromatic carbocycles. The van der Waals surface area contributed by atoms with E-state index in [1.54, 1.807) is 0 Å². The van der Waals surface area contributed by atoms with Gasteiger partial charge in [-0.25, -0.2) is 4.98 Å². The van der Waals surface area contributed by atoms with Gasteiger partial charge in [0, 0.05) is 31.9 Å². The number of aromatic nitrogens is 1. The fourth-order valence-electron chi connectivity index (χ4n) is 1.64. The summed E-state index contributed by atoms with van der Waals surface area (Å²) in [6, 6.07) is 2.47. The number of nitrogens with zero attached hydrogens (tertiary/aromatic N) is 2. The van der Waals surface area contributed by atoms with Gasteiger partial charge in [0.05, 0.1) is 5.02 Å². The molecule has 0 aliphatic rings. The van der Waals surface area contributed by atoms with Crippen molar-refractivity contribution in [1.82, 2.24) is 10.3 Å². The molecule has 1 rings (SSSR count). The molecule has 0 fully saturated rings. The molecule has 1 aromatic rings. The number of hydrogen-bond donors (Lipinski definition) is 1. The highest BCUT2D eigenvalue weighted by atomic mass is 35.5. The van der Waals surface area contributed by atoms with Crippen molar-refractivity contribution in [3.63, 3.8) is 0 Å².